The van der Waals surface area contributed by atoms with Gasteiger partial charge in [-0.2, -0.15) is 0 Å². The lowest BCUT2D eigenvalue weighted by atomic mass is 9.82. The lowest BCUT2D eigenvalue weighted by molar-refractivity contribution is -0.127. The first-order chi connectivity index (χ1) is 8.60. The summed E-state index contributed by atoms with van der Waals surface area (Å²) in [6, 6.07) is 0.382. The van der Waals surface area contributed by atoms with E-state index in [4.69, 9.17) is 5.73 Å². The molecule has 4 N–H and O–H groups in total. The van der Waals surface area contributed by atoms with E-state index < -0.39 is 5.54 Å². The maximum atomic E-state index is 12.0. The van der Waals surface area contributed by atoms with E-state index in [9.17, 15) is 9.59 Å². The van der Waals surface area contributed by atoms with Crippen molar-refractivity contribution >= 4 is 11.8 Å². The molecule has 2 aliphatic carbocycles. The SMILES string of the molecule is NC1(C(=O)NCCC(=O)NC2CC2)CCCCC1. The molecule has 5 nitrogen and oxygen atoms in total. The molecule has 2 saturated carbocycles. The molecule has 102 valence electrons. The van der Waals surface area contributed by atoms with Crippen molar-refractivity contribution in [2.45, 2.75) is 62.9 Å². The number of hydrogen-bond acceptors (Lipinski definition) is 3. The molecule has 18 heavy (non-hydrogen) atoms. The molecule has 0 aromatic heterocycles. The third-order valence-electron chi connectivity index (χ3n) is 3.78. The van der Waals surface area contributed by atoms with Crippen LogP contribution in [0, 0.1) is 0 Å². The number of nitrogens with two attached hydrogens (primary N) is 1. The molecule has 2 rings (SSSR count). The van der Waals surface area contributed by atoms with Crippen LogP contribution < -0.4 is 16.4 Å². The molecule has 2 amide bonds. The van der Waals surface area contributed by atoms with Crippen molar-refractivity contribution < 1.29 is 9.59 Å². The van der Waals surface area contributed by atoms with Gasteiger partial charge >= 0.3 is 0 Å². The summed E-state index contributed by atoms with van der Waals surface area (Å²) in [6.45, 7) is 0.385. The average molecular weight is 253 g/mol. The van der Waals surface area contributed by atoms with E-state index in [1.807, 2.05) is 0 Å². The van der Waals surface area contributed by atoms with Crippen LogP contribution in [0.4, 0.5) is 0 Å². The summed E-state index contributed by atoms with van der Waals surface area (Å²) in [5.41, 5.74) is 5.39. The van der Waals surface area contributed by atoms with Crippen molar-refractivity contribution in [2.24, 2.45) is 5.73 Å². The molecular weight excluding hydrogens is 230 g/mol. The zero-order valence-electron chi connectivity index (χ0n) is 10.8. The second-order valence-corrected chi connectivity index (χ2v) is 5.56. The van der Waals surface area contributed by atoms with Crippen LogP contribution in [0.2, 0.25) is 0 Å². The smallest absolute Gasteiger partial charge is 0.240 e. The van der Waals surface area contributed by atoms with E-state index in [0.717, 1.165) is 44.9 Å². The molecule has 5 heteroatoms. The molecule has 0 unspecified atom stereocenters. The summed E-state index contributed by atoms with van der Waals surface area (Å²) in [4.78, 5) is 23.4. The van der Waals surface area contributed by atoms with E-state index >= 15 is 0 Å². The summed E-state index contributed by atoms with van der Waals surface area (Å²) < 4.78 is 0. The molecule has 0 saturated heterocycles. The number of amides is 2. The summed E-state index contributed by atoms with van der Waals surface area (Å²) in [5, 5.41) is 5.69. The lowest BCUT2D eigenvalue weighted by Gasteiger charge is -2.31. The number of nitrogens with one attached hydrogen (secondary N) is 2. The van der Waals surface area contributed by atoms with Crippen molar-refractivity contribution in [2.75, 3.05) is 6.54 Å². The number of rotatable bonds is 5. The van der Waals surface area contributed by atoms with Gasteiger partial charge in [-0.3, -0.25) is 9.59 Å². The first-order valence-corrected chi connectivity index (χ1v) is 6.97. The van der Waals surface area contributed by atoms with Gasteiger partial charge in [-0.25, -0.2) is 0 Å². The predicted octanol–water partition coefficient (Wildman–Crippen LogP) is 0.433. The molecule has 0 spiro atoms. The zero-order chi connectivity index (χ0) is 13.0. The molecule has 0 aromatic rings. The fourth-order valence-corrected chi connectivity index (χ4v) is 2.40. The van der Waals surface area contributed by atoms with Gasteiger partial charge in [0.2, 0.25) is 11.8 Å². The zero-order valence-corrected chi connectivity index (χ0v) is 10.8. The van der Waals surface area contributed by atoms with Gasteiger partial charge in [-0.05, 0) is 25.7 Å². The number of carbonyl (C=O) groups is 2. The van der Waals surface area contributed by atoms with Gasteiger partial charge in [0, 0.05) is 19.0 Å². The topological polar surface area (TPSA) is 84.2 Å². The number of hydrogen-bond donors (Lipinski definition) is 3. The number of carbonyl (C=O) groups excluding carboxylic acids is 2. The molecule has 0 bridgehead atoms. The highest BCUT2D eigenvalue weighted by atomic mass is 16.2. The quantitative estimate of drug-likeness (QED) is 0.664. The molecule has 0 aliphatic heterocycles. The third kappa shape index (κ3) is 3.70. The minimum atomic E-state index is -0.703. The summed E-state index contributed by atoms with van der Waals surface area (Å²) >= 11 is 0. The summed E-state index contributed by atoms with van der Waals surface area (Å²) in [7, 11) is 0. The Bertz CT molecular complexity index is 320. The average Bonchev–Trinajstić information content (AvgIpc) is 3.13. The van der Waals surface area contributed by atoms with E-state index in [-0.39, 0.29) is 11.8 Å². The second-order valence-electron chi connectivity index (χ2n) is 5.56. The van der Waals surface area contributed by atoms with Crippen molar-refractivity contribution in [3.8, 4) is 0 Å². The van der Waals surface area contributed by atoms with Crippen LogP contribution in [0.3, 0.4) is 0 Å². The Morgan fingerprint density at radius 3 is 2.44 bits per heavy atom. The maximum absolute atomic E-state index is 12.0. The van der Waals surface area contributed by atoms with Crippen LogP contribution in [-0.2, 0) is 9.59 Å². The molecule has 2 aliphatic rings. The molecule has 0 atom stereocenters. The monoisotopic (exact) mass is 253 g/mol. The standard InChI is InChI=1S/C13H23N3O2/c14-13(7-2-1-3-8-13)12(18)15-9-6-11(17)16-10-4-5-10/h10H,1-9,14H2,(H,15,18)(H,16,17). The van der Waals surface area contributed by atoms with Gasteiger partial charge in [0.15, 0.2) is 0 Å². The minimum absolute atomic E-state index is 0.0208. The minimum Gasteiger partial charge on any atom is -0.354 e. The van der Waals surface area contributed by atoms with Crippen LogP contribution in [0.5, 0.6) is 0 Å². The Balaban J connectivity index is 1.65. The summed E-state index contributed by atoms with van der Waals surface area (Å²) in [6.07, 6.45) is 7.24. The van der Waals surface area contributed by atoms with Gasteiger partial charge in [0.05, 0.1) is 5.54 Å². The van der Waals surface area contributed by atoms with E-state index in [0.29, 0.717) is 19.0 Å². The summed E-state index contributed by atoms with van der Waals surface area (Å²) in [5.74, 6) is -0.0751. The molecule has 0 radical (unpaired) electrons. The highest BCUT2D eigenvalue weighted by Crippen LogP contribution is 2.25. The first kappa shape index (κ1) is 13.3. The predicted molar refractivity (Wildman–Crippen MR) is 68.8 cm³/mol. The van der Waals surface area contributed by atoms with Gasteiger partial charge in [-0.15, -0.1) is 0 Å². The molecule has 0 heterocycles. The van der Waals surface area contributed by atoms with E-state index in [1.165, 1.54) is 0 Å². The Kier molecular flexibility index (Phi) is 4.22. The fourth-order valence-electron chi connectivity index (χ4n) is 2.40. The van der Waals surface area contributed by atoms with E-state index in [1.54, 1.807) is 0 Å². The first-order valence-electron chi connectivity index (χ1n) is 6.97. The Morgan fingerprint density at radius 1 is 1.17 bits per heavy atom. The highest BCUT2D eigenvalue weighted by Gasteiger charge is 2.34. The van der Waals surface area contributed by atoms with Crippen LogP contribution in [0.1, 0.15) is 51.4 Å². The van der Waals surface area contributed by atoms with Crippen molar-refractivity contribution in [3.63, 3.8) is 0 Å². The Labute approximate surface area is 108 Å². The molecular formula is C13H23N3O2. The van der Waals surface area contributed by atoms with Crippen LogP contribution >= 0.6 is 0 Å². The van der Waals surface area contributed by atoms with E-state index in [2.05, 4.69) is 10.6 Å². The maximum Gasteiger partial charge on any atom is 0.240 e. The van der Waals surface area contributed by atoms with Crippen LogP contribution in [-0.4, -0.2) is 29.9 Å². The van der Waals surface area contributed by atoms with Gasteiger partial charge in [0.25, 0.3) is 0 Å². The second kappa shape index (κ2) is 5.69. The van der Waals surface area contributed by atoms with Crippen molar-refractivity contribution in [1.82, 2.24) is 10.6 Å². The largest absolute Gasteiger partial charge is 0.354 e. The molecule has 2 fully saturated rings. The fraction of sp³-hybridized carbons (Fsp3) is 0.846. The van der Waals surface area contributed by atoms with Gasteiger partial charge in [0.1, 0.15) is 0 Å². The molecule has 0 aromatic carbocycles. The van der Waals surface area contributed by atoms with Crippen LogP contribution in [0.15, 0.2) is 0 Å². The Morgan fingerprint density at radius 2 is 1.83 bits per heavy atom. The van der Waals surface area contributed by atoms with Crippen molar-refractivity contribution in [1.29, 1.82) is 0 Å². The third-order valence-corrected chi connectivity index (χ3v) is 3.78. The van der Waals surface area contributed by atoms with Crippen molar-refractivity contribution in [3.05, 3.63) is 0 Å². The Hall–Kier alpha value is -1.10. The van der Waals surface area contributed by atoms with Gasteiger partial charge in [-0.1, -0.05) is 19.3 Å². The highest BCUT2D eigenvalue weighted by molar-refractivity contribution is 5.86. The van der Waals surface area contributed by atoms with Gasteiger partial charge < -0.3 is 16.4 Å². The van der Waals surface area contributed by atoms with Crippen LogP contribution in [0.25, 0.3) is 0 Å². The normalized spacial score (nSPS) is 22.3. The lowest BCUT2D eigenvalue weighted by Crippen LogP contribution is -2.55.